The number of rotatable bonds is 7. The minimum Gasteiger partial charge on any atom is -0.497 e. The van der Waals surface area contributed by atoms with Gasteiger partial charge in [0.15, 0.2) is 5.17 Å². The number of fused-ring (bicyclic) bond motifs is 1. The van der Waals surface area contributed by atoms with E-state index in [-0.39, 0.29) is 12.5 Å². The van der Waals surface area contributed by atoms with Crippen LogP contribution in [0.2, 0.25) is 0 Å². The van der Waals surface area contributed by atoms with Crippen LogP contribution in [-0.2, 0) is 11.4 Å². The highest BCUT2D eigenvalue weighted by molar-refractivity contribution is 8.18. The van der Waals surface area contributed by atoms with Crippen LogP contribution in [0, 0.1) is 11.3 Å². The molecule has 6 nitrogen and oxygen atoms in total. The standard InChI is InChI=1S/C31H25N3O3S/c1-3-34-30(35)29(38-31(34)33-24-13-15-25(36-2)16-14-24)18-27-26-11-7-6-8-21(26)12-17-28(27)37-20-23-10-5-4-9-22(23)19-32/h4-18H,3,20H2,1-2H3/b29-18+,33-31?. The summed E-state index contributed by atoms with van der Waals surface area (Å²) in [6.07, 6.45) is 1.89. The van der Waals surface area contributed by atoms with E-state index in [9.17, 15) is 10.1 Å². The number of carbonyl (C=O) groups excluding carboxylic acids is 1. The van der Waals surface area contributed by atoms with Crippen LogP contribution in [0.15, 0.2) is 94.8 Å². The molecule has 1 aliphatic heterocycles. The van der Waals surface area contributed by atoms with Crippen molar-refractivity contribution in [1.82, 2.24) is 4.90 Å². The van der Waals surface area contributed by atoms with Crippen LogP contribution in [0.3, 0.4) is 0 Å². The Kier molecular flexibility index (Phi) is 7.43. The lowest BCUT2D eigenvalue weighted by Crippen LogP contribution is -2.28. The van der Waals surface area contributed by atoms with Crippen LogP contribution in [0.1, 0.15) is 23.6 Å². The van der Waals surface area contributed by atoms with Gasteiger partial charge in [-0.05, 0) is 71.9 Å². The van der Waals surface area contributed by atoms with E-state index in [1.54, 1.807) is 18.1 Å². The Morgan fingerprint density at radius 1 is 1.00 bits per heavy atom. The minimum atomic E-state index is -0.0986. The number of ether oxygens (including phenoxy) is 2. The fourth-order valence-electron chi connectivity index (χ4n) is 4.23. The zero-order valence-corrected chi connectivity index (χ0v) is 21.9. The van der Waals surface area contributed by atoms with Crippen molar-refractivity contribution < 1.29 is 14.3 Å². The Morgan fingerprint density at radius 3 is 2.53 bits per heavy atom. The van der Waals surface area contributed by atoms with Crippen LogP contribution in [-0.4, -0.2) is 29.6 Å². The van der Waals surface area contributed by atoms with Crippen molar-refractivity contribution >= 4 is 45.4 Å². The van der Waals surface area contributed by atoms with Crippen molar-refractivity contribution in [3.05, 3.63) is 107 Å². The molecule has 0 saturated carbocycles. The van der Waals surface area contributed by atoms with E-state index in [2.05, 4.69) is 6.07 Å². The summed E-state index contributed by atoms with van der Waals surface area (Å²) in [4.78, 5) is 20.4. The highest BCUT2D eigenvalue weighted by Crippen LogP contribution is 2.38. The second kappa shape index (κ2) is 11.2. The Morgan fingerprint density at radius 2 is 1.76 bits per heavy atom. The summed E-state index contributed by atoms with van der Waals surface area (Å²) in [7, 11) is 1.62. The molecule has 4 aromatic rings. The smallest absolute Gasteiger partial charge is 0.266 e. The fourth-order valence-corrected chi connectivity index (χ4v) is 5.27. The van der Waals surface area contributed by atoms with Crippen molar-refractivity contribution in [3.63, 3.8) is 0 Å². The molecule has 0 spiro atoms. The van der Waals surface area contributed by atoms with Crippen LogP contribution in [0.4, 0.5) is 5.69 Å². The van der Waals surface area contributed by atoms with E-state index in [1.165, 1.54) is 11.8 Å². The molecule has 188 valence electrons. The number of thioether (sulfide) groups is 1. The number of aliphatic imine (C=N–C) groups is 1. The predicted octanol–water partition coefficient (Wildman–Crippen LogP) is 6.92. The summed E-state index contributed by atoms with van der Waals surface area (Å²) in [5.41, 5.74) is 2.94. The minimum absolute atomic E-state index is 0.0986. The SMILES string of the molecule is CCN1C(=O)/C(=C\c2c(OCc3ccccc3C#N)ccc3ccccc23)SC1=Nc1ccc(OC)cc1. The number of amides is 1. The van der Waals surface area contributed by atoms with Crippen LogP contribution in [0.5, 0.6) is 11.5 Å². The first kappa shape index (κ1) is 25.1. The molecule has 0 radical (unpaired) electrons. The van der Waals surface area contributed by atoms with Gasteiger partial charge in [0.25, 0.3) is 5.91 Å². The van der Waals surface area contributed by atoms with E-state index in [4.69, 9.17) is 14.5 Å². The summed E-state index contributed by atoms with van der Waals surface area (Å²) in [6.45, 7) is 2.68. The predicted molar refractivity (Wildman–Crippen MR) is 152 cm³/mol. The van der Waals surface area contributed by atoms with Crippen molar-refractivity contribution in [2.75, 3.05) is 13.7 Å². The first-order valence-corrected chi connectivity index (χ1v) is 13.0. The first-order valence-electron chi connectivity index (χ1n) is 12.2. The molecular formula is C31H25N3O3S. The lowest BCUT2D eigenvalue weighted by atomic mass is 10.0. The number of methoxy groups -OCH3 is 1. The molecule has 1 amide bonds. The van der Waals surface area contributed by atoms with Crippen molar-refractivity contribution in [3.8, 4) is 17.6 Å². The molecule has 0 unspecified atom stereocenters. The van der Waals surface area contributed by atoms with E-state index in [0.717, 1.165) is 33.3 Å². The average Bonchev–Trinajstić information content (AvgIpc) is 3.26. The van der Waals surface area contributed by atoms with Gasteiger partial charge < -0.3 is 9.47 Å². The lowest BCUT2D eigenvalue weighted by molar-refractivity contribution is -0.122. The van der Waals surface area contributed by atoms with Gasteiger partial charge in [-0.3, -0.25) is 9.69 Å². The zero-order valence-electron chi connectivity index (χ0n) is 21.0. The molecule has 7 heteroatoms. The number of likely N-dealkylation sites (N-methyl/N-ethyl adjacent to an activating group) is 1. The Labute approximate surface area is 225 Å². The van der Waals surface area contributed by atoms with Crippen molar-refractivity contribution in [2.45, 2.75) is 13.5 Å². The molecule has 4 aromatic carbocycles. The summed E-state index contributed by atoms with van der Waals surface area (Å²) >= 11 is 1.35. The molecule has 0 N–H and O–H groups in total. The maximum absolute atomic E-state index is 13.4. The highest BCUT2D eigenvalue weighted by atomic mass is 32.2. The Bertz CT molecular complexity index is 1600. The van der Waals surface area contributed by atoms with Crippen molar-refractivity contribution in [2.24, 2.45) is 4.99 Å². The lowest BCUT2D eigenvalue weighted by Gasteiger charge is -2.13. The first-order chi connectivity index (χ1) is 18.6. The Hall–Kier alpha value is -4.54. The van der Waals surface area contributed by atoms with E-state index in [1.807, 2.05) is 91.9 Å². The maximum atomic E-state index is 13.4. The number of nitriles is 1. The van der Waals surface area contributed by atoms with Gasteiger partial charge in [0.05, 0.1) is 29.3 Å². The van der Waals surface area contributed by atoms with E-state index in [0.29, 0.717) is 27.9 Å². The van der Waals surface area contributed by atoms with E-state index >= 15 is 0 Å². The van der Waals surface area contributed by atoms with Crippen LogP contribution in [0.25, 0.3) is 16.8 Å². The molecule has 1 aliphatic rings. The molecule has 0 aliphatic carbocycles. The van der Waals surface area contributed by atoms with Gasteiger partial charge in [-0.2, -0.15) is 5.26 Å². The maximum Gasteiger partial charge on any atom is 0.266 e. The third-order valence-electron chi connectivity index (χ3n) is 6.23. The monoisotopic (exact) mass is 519 g/mol. The quantitative estimate of drug-likeness (QED) is 0.248. The molecule has 38 heavy (non-hydrogen) atoms. The molecule has 1 heterocycles. The van der Waals surface area contributed by atoms with Crippen LogP contribution < -0.4 is 9.47 Å². The summed E-state index contributed by atoms with van der Waals surface area (Å²) in [5.74, 6) is 1.29. The molecule has 5 rings (SSSR count). The topological polar surface area (TPSA) is 74.9 Å². The van der Waals surface area contributed by atoms with E-state index < -0.39 is 0 Å². The normalized spacial score (nSPS) is 15.3. The third-order valence-corrected chi connectivity index (χ3v) is 7.24. The van der Waals surface area contributed by atoms with Crippen LogP contribution >= 0.6 is 11.8 Å². The zero-order chi connectivity index (χ0) is 26.5. The number of carbonyl (C=O) groups is 1. The molecule has 0 bridgehead atoms. The summed E-state index contributed by atoms with van der Waals surface area (Å²) < 4.78 is 11.5. The van der Waals surface area contributed by atoms with Gasteiger partial charge in [0, 0.05) is 17.7 Å². The second-order valence-electron chi connectivity index (χ2n) is 8.51. The average molecular weight is 520 g/mol. The second-order valence-corrected chi connectivity index (χ2v) is 9.52. The van der Waals surface area contributed by atoms with Crippen molar-refractivity contribution in [1.29, 1.82) is 5.26 Å². The Balaban J connectivity index is 1.52. The van der Waals surface area contributed by atoms with Gasteiger partial charge >= 0.3 is 0 Å². The van der Waals surface area contributed by atoms with Gasteiger partial charge in [-0.25, -0.2) is 4.99 Å². The molecule has 1 fully saturated rings. The molecule has 0 atom stereocenters. The number of hydrogen-bond donors (Lipinski definition) is 0. The number of benzene rings is 4. The van der Waals surface area contributed by atoms with Gasteiger partial charge in [0.1, 0.15) is 18.1 Å². The molecular weight excluding hydrogens is 494 g/mol. The molecule has 1 saturated heterocycles. The highest BCUT2D eigenvalue weighted by Gasteiger charge is 2.32. The third kappa shape index (κ3) is 5.13. The number of hydrogen-bond acceptors (Lipinski definition) is 6. The largest absolute Gasteiger partial charge is 0.497 e. The number of amidine groups is 1. The molecule has 0 aromatic heterocycles. The summed E-state index contributed by atoms with van der Waals surface area (Å²) in [6, 6.07) is 28.9. The van der Waals surface area contributed by atoms with Gasteiger partial charge in [-0.15, -0.1) is 0 Å². The summed E-state index contributed by atoms with van der Waals surface area (Å²) in [5, 5.41) is 12.1. The van der Waals surface area contributed by atoms with Gasteiger partial charge in [0.2, 0.25) is 0 Å². The number of nitrogens with zero attached hydrogens (tertiary/aromatic N) is 3. The van der Waals surface area contributed by atoms with Gasteiger partial charge in [-0.1, -0.05) is 48.5 Å². The fraction of sp³-hybridized carbons (Fsp3) is 0.129.